The van der Waals surface area contributed by atoms with Crippen LogP contribution in [0.15, 0.2) is 42.5 Å². The van der Waals surface area contributed by atoms with Crippen molar-refractivity contribution in [3.8, 4) is 28.0 Å². The molecule has 1 heterocycles. The Balaban J connectivity index is 1.63. The van der Waals surface area contributed by atoms with Crippen LogP contribution in [-0.2, 0) is 9.47 Å². The van der Waals surface area contributed by atoms with Crippen molar-refractivity contribution in [2.75, 3.05) is 13.2 Å². The standard InChI is InChI=1S/C25H18F8O3/c1-2-12-10-34-24(35-11-12)13-3-4-16(17(26)5-13)14-6-18(27)22(19(28)7-14)15-8-20(29)23(21(30)9-15)36-25(31,32)33/h3-9,12,24H,2,10-11H2,1H3. The first-order valence-corrected chi connectivity index (χ1v) is 10.7. The number of halogens is 8. The van der Waals surface area contributed by atoms with Gasteiger partial charge in [-0.3, -0.25) is 0 Å². The minimum Gasteiger partial charge on any atom is -0.399 e. The van der Waals surface area contributed by atoms with Gasteiger partial charge in [0.15, 0.2) is 17.9 Å². The Morgan fingerprint density at radius 2 is 1.33 bits per heavy atom. The van der Waals surface area contributed by atoms with Crippen LogP contribution in [0.3, 0.4) is 0 Å². The molecule has 3 nitrogen and oxygen atoms in total. The fourth-order valence-electron chi connectivity index (χ4n) is 3.81. The molecule has 0 radical (unpaired) electrons. The molecule has 1 fully saturated rings. The fourth-order valence-corrected chi connectivity index (χ4v) is 3.81. The quantitative estimate of drug-likeness (QED) is 0.324. The highest BCUT2D eigenvalue weighted by atomic mass is 19.4. The van der Waals surface area contributed by atoms with Crippen LogP contribution in [0.2, 0.25) is 0 Å². The maximum atomic E-state index is 14.8. The largest absolute Gasteiger partial charge is 0.573 e. The molecule has 4 rings (SSSR count). The molecule has 0 unspecified atom stereocenters. The molecule has 1 aliphatic rings. The van der Waals surface area contributed by atoms with Gasteiger partial charge in [-0.25, -0.2) is 22.0 Å². The predicted octanol–water partition coefficient (Wildman–Crippen LogP) is 7.69. The van der Waals surface area contributed by atoms with E-state index in [0.29, 0.717) is 30.9 Å². The first kappa shape index (κ1) is 25.9. The third kappa shape index (κ3) is 5.46. The van der Waals surface area contributed by atoms with Gasteiger partial charge in [-0.15, -0.1) is 13.2 Å². The molecule has 0 amide bonds. The Morgan fingerprint density at radius 3 is 1.83 bits per heavy atom. The molecular formula is C25H18F8O3. The summed E-state index contributed by atoms with van der Waals surface area (Å²) in [4.78, 5) is 0. The third-order valence-electron chi connectivity index (χ3n) is 5.67. The Kier molecular flexibility index (Phi) is 7.24. The van der Waals surface area contributed by atoms with Crippen molar-refractivity contribution in [1.29, 1.82) is 0 Å². The molecule has 3 aromatic rings. The molecule has 11 heteroatoms. The zero-order chi connectivity index (χ0) is 26.2. The van der Waals surface area contributed by atoms with Crippen LogP contribution in [0.5, 0.6) is 5.75 Å². The lowest BCUT2D eigenvalue weighted by atomic mass is 9.97. The van der Waals surface area contributed by atoms with E-state index in [0.717, 1.165) is 24.6 Å². The second kappa shape index (κ2) is 10.1. The van der Waals surface area contributed by atoms with Gasteiger partial charge < -0.3 is 14.2 Å². The Morgan fingerprint density at radius 1 is 0.778 bits per heavy atom. The summed E-state index contributed by atoms with van der Waals surface area (Å²) in [5, 5.41) is 0. The van der Waals surface area contributed by atoms with Crippen molar-refractivity contribution in [3.63, 3.8) is 0 Å². The summed E-state index contributed by atoms with van der Waals surface area (Å²) >= 11 is 0. The maximum Gasteiger partial charge on any atom is 0.573 e. The molecule has 1 saturated heterocycles. The van der Waals surface area contributed by atoms with Crippen molar-refractivity contribution in [2.24, 2.45) is 5.92 Å². The molecule has 0 saturated carbocycles. The predicted molar refractivity (Wildman–Crippen MR) is 112 cm³/mol. The lowest BCUT2D eigenvalue weighted by Gasteiger charge is -2.29. The molecule has 0 aliphatic carbocycles. The van der Waals surface area contributed by atoms with Crippen molar-refractivity contribution in [3.05, 3.63) is 77.1 Å². The van der Waals surface area contributed by atoms with Gasteiger partial charge in [0.2, 0.25) is 5.75 Å². The second-order valence-corrected chi connectivity index (χ2v) is 8.14. The van der Waals surface area contributed by atoms with E-state index in [-0.39, 0.29) is 17.0 Å². The Labute approximate surface area is 200 Å². The third-order valence-corrected chi connectivity index (χ3v) is 5.67. The molecule has 36 heavy (non-hydrogen) atoms. The average Bonchev–Trinajstić information content (AvgIpc) is 2.80. The van der Waals surface area contributed by atoms with E-state index in [1.165, 1.54) is 12.1 Å². The van der Waals surface area contributed by atoms with Gasteiger partial charge in [0.1, 0.15) is 17.5 Å². The fraction of sp³-hybridized carbons (Fsp3) is 0.280. The van der Waals surface area contributed by atoms with Gasteiger partial charge >= 0.3 is 6.36 Å². The summed E-state index contributed by atoms with van der Waals surface area (Å²) in [6.07, 6.45) is -5.31. The van der Waals surface area contributed by atoms with Crippen LogP contribution in [-0.4, -0.2) is 19.6 Å². The highest BCUT2D eigenvalue weighted by Crippen LogP contribution is 2.37. The van der Waals surface area contributed by atoms with Crippen LogP contribution in [0, 0.1) is 35.0 Å². The molecule has 192 valence electrons. The monoisotopic (exact) mass is 518 g/mol. The Bertz CT molecular complexity index is 1220. The molecule has 0 spiro atoms. The van der Waals surface area contributed by atoms with Gasteiger partial charge in [-0.05, 0) is 47.9 Å². The molecule has 0 N–H and O–H groups in total. The van der Waals surface area contributed by atoms with Gasteiger partial charge in [-0.2, -0.15) is 0 Å². The van der Waals surface area contributed by atoms with Crippen LogP contribution in [0.1, 0.15) is 25.2 Å². The zero-order valence-corrected chi connectivity index (χ0v) is 18.6. The molecule has 0 aromatic heterocycles. The number of hydrogen-bond acceptors (Lipinski definition) is 3. The van der Waals surface area contributed by atoms with Gasteiger partial charge in [0, 0.05) is 17.0 Å². The average molecular weight is 518 g/mol. The molecule has 0 bridgehead atoms. The summed E-state index contributed by atoms with van der Waals surface area (Å²) in [6.45, 7) is 2.86. The van der Waals surface area contributed by atoms with E-state index in [9.17, 15) is 35.1 Å². The van der Waals surface area contributed by atoms with Crippen molar-refractivity contribution in [2.45, 2.75) is 26.0 Å². The van der Waals surface area contributed by atoms with E-state index in [1.807, 2.05) is 6.92 Å². The van der Waals surface area contributed by atoms with E-state index < -0.39 is 58.6 Å². The van der Waals surface area contributed by atoms with Crippen LogP contribution in [0.25, 0.3) is 22.3 Å². The summed E-state index contributed by atoms with van der Waals surface area (Å²) in [6, 6.07) is 5.95. The van der Waals surface area contributed by atoms with Crippen molar-refractivity contribution < 1.29 is 49.3 Å². The van der Waals surface area contributed by atoms with E-state index in [1.54, 1.807) is 0 Å². The highest BCUT2D eigenvalue weighted by Gasteiger charge is 2.34. The SMILES string of the molecule is CCC1COC(c2ccc(-c3cc(F)c(-c4cc(F)c(OC(F)(F)F)c(F)c4)c(F)c3)c(F)c2)OC1. The minimum atomic E-state index is -5.38. The lowest BCUT2D eigenvalue weighted by Crippen LogP contribution is -2.26. The van der Waals surface area contributed by atoms with Crippen molar-refractivity contribution in [1.82, 2.24) is 0 Å². The van der Waals surface area contributed by atoms with E-state index in [4.69, 9.17) is 9.47 Å². The topological polar surface area (TPSA) is 27.7 Å². The molecule has 1 aliphatic heterocycles. The van der Waals surface area contributed by atoms with Crippen LogP contribution >= 0.6 is 0 Å². The second-order valence-electron chi connectivity index (χ2n) is 8.14. The Hall–Kier alpha value is -3.18. The van der Waals surface area contributed by atoms with E-state index in [2.05, 4.69) is 4.74 Å². The number of ether oxygens (including phenoxy) is 3. The maximum absolute atomic E-state index is 14.8. The number of benzene rings is 3. The first-order valence-electron chi connectivity index (χ1n) is 10.7. The summed E-state index contributed by atoms with van der Waals surface area (Å²) < 4.78 is 124. The molecular weight excluding hydrogens is 500 g/mol. The molecule has 3 aromatic carbocycles. The van der Waals surface area contributed by atoms with Gasteiger partial charge in [0.25, 0.3) is 0 Å². The first-order chi connectivity index (χ1) is 17.0. The van der Waals surface area contributed by atoms with Gasteiger partial charge in [0.05, 0.1) is 18.8 Å². The number of rotatable bonds is 5. The molecule has 0 atom stereocenters. The van der Waals surface area contributed by atoms with Crippen molar-refractivity contribution >= 4 is 0 Å². The zero-order valence-electron chi connectivity index (χ0n) is 18.6. The summed E-state index contributed by atoms with van der Waals surface area (Å²) in [7, 11) is 0. The van der Waals surface area contributed by atoms with Crippen LogP contribution in [0.4, 0.5) is 35.1 Å². The highest BCUT2D eigenvalue weighted by molar-refractivity contribution is 5.72. The minimum absolute atomic E-state index is 0.170. The normalized spacial score (nSPS) is 18.4. The number of alkyl halides is 3. The smallest absolute Gasteiger partial charge is 0.399 e. The number of hydrogen-bond donors (Lipinski definition) is 0. The van der Waals surface area contributed by atoms with E-state index >= 15 is 0 Å². The summed E-state index contributed by atoms with van der Waals surface area (Å²) in [5.74, 6) is -8.63. The van der Waals surface area contributed by atoms with Gasteiger partial charge in [-0.1, -0.05) is 19.1 Å². The summed E-state index contributed by atoms with van der Waals surface area (Å²) in [5.41, 5.74) is -1.64. The van der Waals surface area contributed by atoms with Crippen LogP contribution < -0.4 is 4.74 Å². The lowest BCUT2D eigenvalue weighted by molar-refractivity contribution is -0.276.